The first-order valence-corrected chi connectivity index (χ1v) is 7.79. The van der Waals surface area contributed by atoms with Gasteiger partial charge in [-0.25, -0.2) is 4.79 Å². The fraction of sp³-hybridized carbons (Fsp3) is 0.267. The molecule has 1 fully saturated rings. The van der Waals surface area contributed by atoms with Crippen LogP contribution in [0.4, 0.5) is 0 Å². The summed E-state index contributed by atoms with van der Waals surface area (Å²) in [5, 5.41) is 13.5. The lowest BCUT2D eigenvalue weighted by molar-refractivity contribution is -0.132. The predicted octanol–water partition coefficient (Wildman–Crippen LogP) is 3.75. The zero-order valence-electron chi connectivity index (χ0n) is 11.5. The van der Waals surface area contributed by atoms with Gasteiger partial charge in [0, 0.05) is 10.0 Å². The van der Waals surface area contributed by atoms with Crippen LogP contribution in [0, 0.1) is 0 Å². The molecule has 0 radical (unpaired) electrons. The van der Waals surface area contributed by atoms with Crippen molar-refractivity contribution < 1.29 is 14.4 Å². The van der Waals surface area contributed by atoms with Crippen LogP contribution < -0.4 is 0 Å². The standard InChI is InChI=1S/C15H12BrClN2O3/c1-8(13(20)21)6-12-18-14(19-22-12)15(4-5-15)9-2-3-10(16)11(17)7-9/h2-3,7H,1,4-6H2,(H,20,21). The van der Waals surface area contributed by atoms with E-state index in [1.54, 1.807) is 0 Å². The number of carboxylic acid groups (broad SMARTS) is 1. The molecular formula is C15H12BrClN2O3. The quantitative estimate of drug-likeness (QED) is 0.796. The summed E-state index contributed by atoms with van der Waals surface area (Å²) in [7, 11) is 0. The summed E-state index contributed by atoms with van der Waals surface area (Å²) in [6, 6.07) is 5.77. The Bertz CT molecular complexity index is 768. The van der Waals surface area contributed by atoms with Gasteiger partial charge in [-0.1, -0.05) is 29.4 Å². The molecule has 1 aliphatic rings. The molecule has 1 saturated carbocycles. The van der Waals surface area contributed by atoms with E-state index in [0.29, 0.717) is 10.8 Å². The number of halogens is 2. The highest BCUT2D eigenvalue weighted by Gasteiger charge is 2.50. The van der Waals surface area contributed by atoms with Crippen molar-refractivity contribution in [2.24, 2.45) is 0 Å². The average Bonchev–Trinajstić information content (AvgIpc) is 3.15. The maximum atomic E-state index is 10.8. The van der Waals surface area contributed by atoms with Gasteiger partial charge in [-0.2, -0.15) is 4.98 Å². The van der Waals surface area contributed by atoms with Crippen molar-refractivity contribution >= 4 is 33.5 Å². The number of carbonyl (C=O) groups is 1. The molecule has 7 heteroatoms. The van der Waals surface area contributed by atoms with Gasteiger partial charge in [-0.15, -0.1) is 0 Å². The normalized spacial score (nSPS) is 15.5. The lowest BCUT2D eigenvalue weighted by atomic mass is 9.95. The van der Waals surface area contributed by atoms with Crippen LogP contribution in [0.5, 0.6) is 0 Å². The molecule has 0 saturated heterocycles. The van der Waals surface area contributed by atoms with E-state index in [0.717, 1.165) is 22.9 Å². The fourth-order valence-corrected chi connectivity index (χ4v) is 2.77. The number of nitrogens with zero attached hydrogens (tertiary/aromatic N) is 2. The Kier molecular flexibility index (Phi) is 3.82. The van der Waals surface area contributed by atoms with Crippen molar-refractivity contribution in [1.29, 1.82) is 0 Å². The number of carboxylic acids is 1. The number of hydrogen-bond acceptors (Lipinski definition) is 4. The van der Waals surface area contributed by atoms with E-state index < -0.39 is 5.97 Å². The van der Waals surface area contributed by atoms with Crippen LogP contribution in [0.1, 0.15) is 30.1 Å². The van der Waals surface area contributed by atoms with Crippen molar-refractivity contribution in [3.63, 3.8) is 0 Å². The van der Waals surface area contributed by atoms with E-state index >= 15 is 0 Å². The van der Waals surface area contributed by atoms with Crippen LogP contribution in [0.2, 0.25) is 5.02 Å². The first-order valence-electron chi connectivity index (χ1n) is 6.62. The summed E-state index contributed by atoms with van der Waals surface area (Å²) in [4.78, 5) is 15.1. The molecule has 0 spiro atoms. The summed E-state index contributed by atoms with van der Waals surface area (Å²) >= 11 is 9.53. The molecule has 5 nitrogen and oxygen atoms in total. The second-order valence-corrected chi connectivity index (χ2v) is 6.57. The van der Waals surface area contributed by atoms with Crippen molar-refractivity contribution in [2.45, 2.75) is 24.7 Å². The van der Waals surface area contributed by atoms with Crippen molar-refractivity contribution in [3.05, 3.63) is 57.1 Å². The second kappa shape index (κ2) is 5.52. The van der Waals surface area contributed by atoms with Gasteiger partial charge in [0.25, 0.3) is 0 Å². The Morgan fingerprint density at radius 3 is 2.82 bits per heavy atom. The first kappa shape index (κ1) is 15.2. The molecule has 1 aliphatic carbocycles. The first-order chi connectivity index (χ1) is 10.4. The maximum absolute atomic E-state index is 10.8. The Morgan fingerprint density at radius 2 is 2.23 bits per heavy atom. The fourth-order valence-electron chi connectivity index (χ4n) is 2.34. The third kappa shape index (κ3) is 2.68. The van der Waals surface area contributed by atoms with Crippen LogP contribution in [0.3, 0.4) is 0 Å². The van der Waals surface area contributed by atoms with Gasteiger partial charge in [-0.05, 0) is 46.5 Å². The minimum Gasteiger partial charge on any atom is -0.478 e. The van der Waals surface area contributed by atoms with Crippen molar-refractivity contribution in [3.8, 4) is 0 Å². The maximum Gasteiger partial charge on any atom is 0.331 e. The van der Waals surface area contributed by atoms with Crippen LogP contribution in [0.25, 0.3) is 0 Å². The Morgan fingerprint density at radius 1 is 1.50 bits per heavy atom. The van der Waals surface area contributed by atoms with Gasteiger partial charge < -0.3 is 9.63 Å². The largest absolute Gasteiger partial charge is 0.478 e. The zero-order valence-corrected chi connectivity index (χ0v) is 13.8. The van der Waals surface area contributed by atoms with E-state index in [9.17, 15) is 4.79 Å². The van der Waals surface area contributed by atoms with E-state index in [-0.39, 0.29) is 23.3 Å². The second-order valence-electron chi connectivity index (χ2n) is 5.31. The summed E-state index contributed by atoms with van der Waals surface area (Å²) in [5.41, 5.74) is 0.772. The molecule has 0 aliphatic heterocycles. The van der Waals surface area contributed by atoms with Gasteiger partial charge >= 0.3 is 5.97 Å². The molecule has 2 aromatic rings. The van der Waals surface area contributed by atoms with Gasteiger partial charge in [0.2, 0.25) is 5.89 Å². The monoisotopic (exact) mass is 382 g/mol. The molecule has 3 rings (SSSR count). The van der Waals surface area contributed by atoms with E-state index in [1.165, 1.54) is 0 Å². The molecule has 0 unspecified atom stereocenters. The van der Waals surface area contributed by atoms with Crippen LogP contribution >= 0.6 is 27.5 Å². The van der Waals surface area contributed by atoms with Gasteiger partial charge in [0.15, 0.2) is 5.82 Å². The molecule has 114 valence electrons. The number of rotatable bonds is 5. The summed E-state index contributed by atoms with van der Waals surface area (Å²) < 4.78 is 5.99. The molecule has 1 N–H and O–H groups in total. The Balaban J connectivity index is 1.87. The molecule has 0 bridgehead atoms. The highest BCUT2D eigenvalue weighted by atomic mass is 79.9. The van der Waals surface area contributed by atoms with E-state index in [1.807, 2.05) is 18.2 Å². The smallest absolute Gasteiger partial charge is 0.331 e. The number of benzene rings is 1. The highest BCUT2D eigenvalue weighted by molar-refractivity contribution is 9.10. The Hall–Kier alpha value is -1.66. The van der Waals surface area contributed by atoms with Crippen LogP contribution in [-0.4, -0.2) is 21.2 Å². The lowest BCUT2D eigenvalue weighted by Crippen LogP contribution is -2.11. The van der Waals surface area contributed by atoms with E-state index in [2.05, 4.69) is 32.6 Å². The minimum atomic E-state index is -1.07. The van der Waals surface area contributed by atoms with Gasteiger partial charge in [0.05, 0.1) is 16.9 Å². The van der Waals surface area contributed by atoms with Gasteiger partial charge in [0.1, 0.15) is 0 Å². The molecule has 0 amide bonds. The highest BCUT2D eigenvalue weighted by Crippen LogP contribution is 2.53. The zero-order chi connectivity index (χ0) is 15.9. The lowest BCUT2D eigenvalue weighted by Gasteiger charge is -2.11. The number of aromatic nitrogens is 2. The summed E-state index contributed by atoms with van der Waals surface area (Å²) in [6.07, 6.45) is 1.85. The molecule has 1 heterocycles. The minimum absolute atomic E-state index is 0.0201. The molecule has 1 aromatic carbocycles. The SMILES string of the molecule is C=C(Cc1nc(C2(c3ccc(Br)c(Cl)c3)CC2)no1)C(=O)O. The topological polar surface area (TPSA) is 76.2 Å². The Labute approximate surface area is 140 Å². The van der Waals surface area contributed by atoms with Gasteiger partial charge in [-0.3, -0.25) is 0 Å². The number of hydrogen-bond donors (Lipinski definition) is 1. The van der Waals surface area contributed by atoms with Crippen LogP contribution in [0.15, 0.2) is 39.3 Å². The van der Waals surface area contributed by atoms with Crippen molar-refractivity contribution in [1.82, 2.24) is 10.1 Å². The summed E-state index contributed by atoms with van der Waals surface area (Å²) in [5.74, 6) is -0.239. The third-order valence-electron chi connectivity index (χ3n) is 3.79. The average molecular weight is 384 g/mol. The molecule has 0 atom stereocenters. The van der Waals surface area contributed by atoms with E-state index in [4.69, 9.17) is 21.2 Å². The summed E-state index contributed by atoms with van der Waals surface area (Å²) in [6.45, 7) is 3.47. The van der Waals surface area contributed by atoms with Crippen molar-refractivity contribution in [2.75, 3.05) is 0 Å². The van der Waals surface area contributed by atoms with Crippen LogP contribution in [-0.2, 0) is 16.6 Å². The third-order valence-corrected chi connectivity index (χ3v) is 5.02. The molecular weight excluding hydrogens is 372 g/mol. The number of aliphatic carboxylic acids is 1. The molecule has 22 heavy (non-hydrogen) atoms. The molecule has 1 aromatic heterocycles. The predicted molar refractivity (Wildman–Crippen MR) is 83.9 cm³/mol.